The van der Waals surface area contributed by atoms with Crippen molar-refractivity contribution in [3.8, 4) is 0 Å². The maximum absolute atomic E-state index is 10.5. The van der Waals surface area contributed by atoms with Crippen LogP contribution in [0.2, 0.25) is 0 Å². The van der Waals surface area contributed by atoms with Crippen molar-refractivity contribution < 1.29 is 19.4 Å². The molecule has 1 aromatic rings. The lowest BCUT2D eigenvalue weighted by Crippen LogP contribution is -2.05. The van der Waals surface area contributed by atoms with Crippen LogP contribution in [0.4, 0.5) is 0 Å². The van der Waals surface area contributed by atoms with Crippen LogP contribution in [0.25, 0.3) is 0 Å². The molecular formula is C11H14O4. The van der Waals surface area contributed by atoms with Gasteiger partial charge in [0.15, 0.2) is 6.29 Å². The van der Waals surface area contributed by atoms with E-state index >= 15 is 0 Å². The first-order valence-corrected chi connectivity index (χ1v) is 4.53. The fourth-order valence-corrected chi connectivity index (χ4v) is 1.39. The zero-order valence-electron chi connectivity index (χ0n) is 8.77. The van der Waals surface area contributed by atoms with Gasteiger partial charge in [0.25, 0.3) is 0 Å². The van der Waals surface area contributed by atoms with Gasteiger partial charge in [-0.25, -0.2) is 0 Å². The molecular weight excluding hydrogens is 196 g/mol. The van der Waals surface area contributed by atoms with Crippen molar-refractivity contribution in [2.45, 2.75) is 12.7 Å². The highest BCUT2D eigenvalue weighted by atomic mass is 16.7. The van der Waals surface area contributed by atoms with Crippen molar-refractivity contribution in [1.29, 1.82) is 0 Å². The Balaban J connectivity index is 2.86. The van der Waals surface area contributed by atoms with E-state index < -0.39 is 12.3 Å². The summed E-state index contributed by atoms with van der Waals surface area (Å²) in [5, 5.41) is 8.65. The van der Waals surface area contributed by atoms with E-state index in [2.05, 4.69) is 0 Å². The number of carbonyl (C=O) groups is 1. The SMILES string of the molecule is COC(OC)c1cccc(CC(=O)O)c1. The first-order chi connectivity index (χ1) is 7.17. The van der Waals surface area contributed by atoms with Crippen molar-refractivity contribution in [1.82, 2.24) is 0 Å². The van der Waals surface area contributed by atoms with E-state index in [1.54, 1.807) is 18.2 Å². The molecule has 1 aromatic carbocycles. The Kier molecular flexibility index (Phi) is 4.27. The third-order valence-electron chi connectivity index (χ3n) is 2.01. The highest BCUT2D eigenvalue weighted by Crippen LogP contribution is 2.18. The number of rotatable bonds is 5. The summed E-state index contributed by atoms with van der Waals surface area (Å²) in [6, 6.07) is 7.16. The second kappa shape index (κ2) is 5.48. The van der Waals surface area contributed by atoms with E-state index in [0.717, 1.165) is 11.1 Å². The molecule has 0 radical (unpaired) electrons. The fourth-order valence-electron chi connectivity index (χ4n) is 1.39. The fraction of sp³-hybridized carbons (Fsp3) is 0.364. The van der Waals surface area contributed by atoms with Gasteiger partial charge < -0.3 is 14.6 Å². The Labute approximate surface area is 88.4 Å². The number of ether oxygens (including phenoxy) is 2. The van der Waals surface area contributed by atoms with Gasteiger partial charge in [0.05, 0.1) is 6.42 Å². The first-order valence-electron chi connectivity index (χ1n) is 4.53. The molecule has 15 heavy (non-hydrogen) atoms. The molecule has 0 spiro atoms. The van der Waals surface area contributed by atoms with Crippen molar-refractivity contribution >= 4 is 5.97 Å². The van der Waals surface area contributed by atoms with E-state index in [1.165, 1.54) is 14.2 Å². The van der Waals surface area contributed by atoms with E-state index in [-0.39, 0.29) is 6.42 Å². The van der Waals surface area contributed by atoms with Gasteiger partial charge in [-0.3, -0.25) is 4.79 Å². The Morgan fingerprint density at radius 3 is 2.60 bits per heavy atom. The predicted molar refractivity (Wildman–Crippen MR) is 54.5 cm³/mol. The summed E-state index contributed by atoms with van der Waals surface area (Å²) < 4.78 is 10.2. The standard InChI is InChI=1S/C11H14O4/c1-14-11(15-2)9-5-3-4-8(6-9)7-10(12)13/h3-6,11H,7H2,1-2H3,(H,12,13). The summed E-state index contributed by atoms with van der Waals surface area (Å²) in [5.41, 5.74) is 1.55. The number of methoxy groups -OCH3 is 2. The van der Waals surface area contributed by atoms with Crippen molar-refractivity contribution in [2.24, 2.45) is 0 Å². The second-order valence-electron chi connectivity index (χ2n) is 3.12. The van der Waals surface area contributed by atoms with E-state index in [1.807, 2.05) is 6.07 Å². The molecule has 1 N–H and O–H groups in total. The molecule has 0 unspecified atom stereocenters. The predicted octanol–water partition coefficient (Wildman–Crippen LogP) is 1.61. The number of benzene rings is 1. The van der Waals surface area contributed by atoms with Gasteiger partial charge in [0.2, 0.25) is 0 Å². The molecule has 4 heteroatoms. The Hall–Kier alpha value is -1.39. The maximum Gasteiger partial charge on any atom is 0.307 e. The van der Waals surface area contributed by atoms with Crippen LogP contribution in [-0.2, 0) is 20.7 Å². The molecule has 0 aliphatic heterocycles. The van der Waals surface area contributed by atoms with Crippen LogP contribution in [0.5, 0.6) is 0 Å². The molecule has 0 saturated carbocycles. The van der Waals surface area contributed by atoms with Gasteiger partial charge in [0, 0.05) is 19.8 Å². The van der Waals surface area contributed by atoms with Crippen molar-refractivity contribution in [2.75, 3.05) is 14.2 Å². The summed E-state index contributed by atoms with van der Waals surface area (Å²) in [4.78, 5) is 10.5. The molecule has 0 aromatic heterocycles. The van der Waals surface area contributed by atoms with Crippen LogP contribution in [0, 0.1) is 0 Å². The van der Waals surface area contributed by atoms with Gasteiger partial charge in [-0.2, -0.15) is 0 Å². The minimum atomic E-state index is -0.849. The zero-order chi connectivity index (χ0) is 11.3. The van der Waals surface area contributed by atoms with Gasteiger partial charge in [-0.1, -0.05) is 24.3 Å². The molecule has 0 aliphatic carbocycles. The Morgan fingerprint density at radius 1 is 1.40 bits per heavy atom. The third kappa shape index (κ3) is 3.34. The normalized spacial score (nSPS) is 10.6. The average Bonchev–Trinajstić information content (AvgIpc) is 2.19. The molecule has 0 bridgehead atoms. The van der Waals surface area contributed by atoms with E-state index in [0.29, 0.717) is 0 Å². The lowest BCUT2D eigenvalue weighted by atomic mass is 10.1. The number of aliphatic carboxylic acids is 1. The molecule has 82 valence electrons. The van der Waals surface area contributed by atoms with Gasteiger partial charge in [-0.05, 0) is 5.56 Å². The molecule has 0 heterocycles. The summed E-state index contributed by atoms with van der Waals surface area (Å²) in [5.74, 6) is -0.849. The van der Waals surface area contributed by atoms with Gasteiger partial charge >= 0.3 is 5.97 Å². The average molecular weight is 210 g/mol. The Bertz CT molecular complexity index is 331. The first kappa shape index (κ1) is 11.7. The molecule has 0 atom stereocenters. The smallest absolute Gasteiger partial charge is 0.307 e. The van der Waals surface area contributed by atoms with Crippen LogP contribution in [0.15, 0.2) is 24.3 Å². The number of carboxylic acid groups (broad SMARTS) is 1. The van der Waals surface area contributed by atoms with Crippen LogP contribution in [0.3, 0.4) is 0 Å². The molecule has 0 fully saturated rings. The Morgan fingerprint density at radius 2 is 2.07 bits per heavy atom. The monoisotopic (exact) mass is 210 g/mol. The van der Waals surface area contributed by atoms with Crippen molar-refractivity contribution in [3.63, 3.8) is 0 Å². The maximum atomic E-state index is 10.5. The largest absolute Gasteiger partial charge is 0.481 e. The van der Waals surface area contributed by atoms with Crippen LogP contribution in [-0.4, -0.2) is 25.3 Å². The van der Waals surface area contributed by atoms with E-state index in [9.17, 15) is 4.79 Å². The van der Waals surface area contributed by atoms with E-state index in [4.69, 9.17) is 14.6 Å². The van der Waals surface area contributed by atoms with Crippen LogP contribution >= 0.6 is 0 Å². The topological polar surface area (TPSA) is 55.8 Å². The second-order valence-corrected chi connectivity index (χ2v) is 3.12. The summed E-state index contributed by atoms with van der Waals surface area (Å²) in [6.07, 6.45) is -0.438. The minimum absolute atomic E-state index is 0.00793. The molecule has 0 amide bonds. The zero-order valence-corrected chi connectivity index (χ0v) is 8.77. The number of hydrogen-bond donors (Lipinski definition) is 1. The van der Waals surface area contributed by atoms with Crippen LogP contribution in [0.1, 0.15) is 17.4 Å². The number of carboxylic acids is 1. The highest BCUT2D eigenvalue weighted by molar-refractivity contribution is 5.70. The molecule has 0 saturated heterocycles. The molecule has 0 aliphatic rings. The minimum Gasteiger partial charge on any atom is -0.481 e. The third-order valence-corrected chi connectivity index (χ3v) is 2.01. The summed E-state index contributed by atoms with van der Waals surface area (Å²) in [7, 11) is 3.08. The summed E-state index contributed by atoms with van der Waals surface area (Å²) in [6.45, 7) is 0. The quantitative estimate of drug-likeness (QED) is 0.750. The number of hydrogen-bond acceptors (Lipinski definition) is 3. The van der Waals surface area contributed by atoms with Gasteiger partial charge in [0.1, 0.15) is 0 Å². The lowest BCUT2D eigenvalue weighted by Gasteiger charge is -2.14. The lowest BCUT2D eigenvalue weighted by molar-refractivity contribution is -0.136. The van der Waals surface area contributed by atoms with Crippen molar-refractivity contribution in [3.05, 3.63) is 35.4 Å². The van der Waals surface area contributed by atoms with Gasteiger partial charge in [-0.15, -0.1) is 0 Å². The summed E-state index contributed by atoms with van der Waals surface area (Å²) >= 11 is 0. The molecule has 4 nitrogen and oxygen atoms in total. The highest BCUT2D eigenvalue weighted by Gasteiger charge is 2.09. The van der Waals surface area contributed by atoms with Crippen LogP contribution < -0.4 is 0 Å². The molecule has 1 rings (SSSR count).